The van der Waals surface area contributed by atoms with Gasteiger partial charge in [-0.2, -0.15) is 0 Å². The van der Waals surface area contributed by atoms with E-state index >= 15 is 0 Å². The van der Waals surface area contributed by atoms with E-state index in [9.17, 15) is 9.59 Å². The fourth-order valence-electron chi connectivity index (χ4n) is 2.27. The first kappa shape index (κ1) is 17.2. The van der Waals surface area contributed by atoms with Crippen LogP contribution in [0, 0.1) is 0 Å². The largest absolute Gasteiger partial charge is 0.366 e. The Morgan fingerprint density at radius 3 is 2.05 bits per heavy atom. The van der Waals surface area contributed by atoms with Gasteiger partial charge in [-0.25, -0.2) is 0 Å². The molecular formula is C16H25N3O2. The van der Waals surface area contributed by atoms with Crippen LogP contribution in [0.2, 0.25) is 0 Å². The van der Waals surface area contributed by atoms with Crippen LogP contribution in [-0.2, 0) is 4.79 Å². The number of rotatable bonds is 8. The summed E-state index contributed by atoms with van der Waals surface area (Å²) in [6, 6.07) is 6.83. The van der Waals surface area contributed by atoms with Gasteiger partial charge in [-0.15, -0.1) is 0 Å². The molecular weight excluding hydrogens is 266 g/mol. The quantitative estimate of drug-likeness (QED) is 0.795. The normalized spacial score (nSPS) is 10.7. The summed E-state index contributed by atoms with van der Waals surface area (Å²) in [4.78, 5) is 26.9. The third kappa shape index (κ3) is 5.19. The van der Waals surface area contributed by atoms with Gasteiger partial charge in [0.2, 0.25) is 11.8 Å². The van der Waals surface area contributed by atoms with Crippen molar-refractivity contribution in [3.8, 4) is 0 Å². The van der Waals surface area contributed by atoms with E-state index in [0.29, 0.717) is 12.1 Å². The zero-order chi connectivity index (χ0) is 15.8. The van der Waals surface area contributed by atoms with Crippen molar-refractivity contribution in [1.82, 2.24) is 4.90 Å². The predicted molar refractivity (Wildman–Crippen MR) is 85.4 cm³/mol. The van der Waals surface area contributed by atoms with E-state index in [4.69, 9.17) is 5.73 Å². The van der Waals surface area contributed by atoms with Crippen LogP contribution >= 0.6 is 0 Å². The summed E-state index contributed by atoms with van der Waals surface area (Å²) in [6.07, 6.45) is 0.916. The van der Waals surface area contributed by atoms with E-state index in [1.807, 2.05) is 0 Å². The van der Waals surface area contributed by atoms with Crippen LogP contribution in [0.4, 0.5) is 5.69 Å². The van der Waals surface area contributed by atoms with Crippen molar-refractivity contribution in [3.63, 3.8) is 0 Å². The number of anilines is 1. The van der Waals surface area contributed by atoms with Crippen LogP contribution in [0.15, 0.2) is 24.3 Å². The Labute approximate surface area is 126 Å². The lowest BCUT2D eigenvalue weighted by molar-refractivity contribution is -0.116. The molecule has 0 saturated heterocycles. The van der Waals surface area contributed by atoms with Crippen molar-refractivity contribution >= 4 is 17.5 Å². The summed E-state index contributed by atoms with van der Waals surface area (Å²) in [5, 5.41) is 0. The van der Waals surface area contributed by atoms with Gasteiger partial charge in [0, 0.05) is 24.7 Å². The van der Waals surface area contributed by atoms with Gasteiger partial charge in [0.1, 0.15) is 0 Å². The lowest BCUT2D eigenvalue weighted by Gasteiger charge is -2.24. The van der Waals surface area contributed by atoms with Gasteiger partial charge in [-0.3, -0.25) is 9.59 Å². The molecule has 5 nitrogen and oxygen atoms in total. The van der Waals surface area contributed by atoms with Gasteiger partial charge in [0.15, 0.2) is 0 Å². The molecule has 0 atom stereocenters. The van der Waals surface area contributed by atoms with E-state index in [1.54, 1.807) is 36.1 Å². The lowest BCUT2D eigenvalue weighted by atomic mass is 10.2. The van der Waals surface area contributed by atoms with Crippen molar-refractivity contribution in [2.45, 2.75) is 27.2 Å². The highest BCUT2D eigenvalue weighted by Crippen LogP contribution is 2.16. The first-order valence-electron chi connectivity index (χ1n) is 7.39. The number of amides is 2. The van der Waals surface area contributed by atoms with Crippen molar-refractivity contribution in [2.75, 3.05) is 31.1 Å². The van der Waals surface area contributed by atoms with E-state index in [0.717, 1.165) is 31.7 Å². The third-order valence-electron chi connectivity index (χ3n) is 3.59. The first-order chi connectivity index (χ1) is 9.99. The Kier molecular flexibility index (Phi) is 6.88. The van der Waals surface area contributed by atoms with Crippen LogP contribution in [0.3, 0.4) is 0 Å². The van der Waals surface area contributed by atoms with Crippen molar-refractivity contribution in [3.05, 3.63) is 29.8 Å². The van der Waals surface area contributed by atoms with Gasteiger partial charge in [-0.1, -0.05) is 13.8 Å². The minimum atomic E-state index is -0.461. The summed E-state index contributed by atoms with van der Waals surface area (Å²) in [5.74, 6) is -0.459. The van der Waals surface area contributed by atoms with Crippen molar-refractivity contribution < 1.29 is 9.59 Å². The Bertz CT molecular complexity index is 467. The Morgan fingerprint density at radius 2 is 1.62 bits per heavy atom. The minimum absolute atomic E-state index is 0.00127. The van der Waals surface area contributed by atoms with Crippen LogP contribution in [0.1, 0.15) is 37.6 Å². The van der Waals surface area contributed by atoms with Gasteiger partial charge < -0.3 is 15.5 Å². The number of hydrogen-bond acceptors (Lipinski definition) is 3. The molecule has 0 saturated carbocycles. The molecule has 0 unspecified atom stereocenters. The molecule has 0 fully saturated rings. The fourth-order valence-corrected chi connectivity index (χ4v) is 2.27. The van der Waals surface area contributed by atoms with Gasteiger partial charge in [0.25, 0.3) is 0 Å². The van der Waals surface area contributed by atoms with Crippen LogP contribution in [0.25, 0.3) is 0 Å². The summed E-state index contributed by atoms with van der Waals surface area (Å²) >= 11 is 0. The molecule has 1 aromatic rings. The number of nitrogens with zero attached hydrogens (tertiary/aromatic N) is 2. The second kappa shape index (κ2) is 8.42. The molecule has 2 amide bonds. The zero-order valence-corrected chi connectivity index (χ0v) is 13.1. The van der Waals surface area contributed by atoms with E-state index in [-0.39, 0.29) is 5.91 Å². The zero-order valence-electron chi connectivity index (χ0n) is 13.1. The molecule has 21 heavy (non-hydrogen) atoms. The highest BCUT2D eigenvalue weighted by Gasteiger charge is 2.12. The Balaban J connectivity index is 2.69. The molecule has 5 heteroatoms. The van der Waals surface area contributed by atoms with Gasteiger partial charge in [0.05, 0.1) is 0 Å². The number of carbonyl (C=O) groups excluding carboxylic acids is 2. The highest BCUT2D eigenvalue weighted by atomic mass is 16.2. The molecule has 0 aliphatic heterocycles. The number of primary amides is 1. The molecule has 0 radical (unpaired) electrons. The molecule has 0 heterocycles. The molecule has 116 valence electrons. The van der Waals surface area contributed by atoms with E-state index in [2.05, 4.69) is 18.7 Å². The van der Waals surface area contributed by atoms with Gasteiger partial charge >= 0.3 is 0 Å². The first-order valence-corrected chi connectivity index (χ1v) is 7.39. The number of benzene rings is 1. The molecule has 0 bridgehead atoms. The van der Waals surface area contributed by atoms with Crippen LogP contribution in [0.5, 0.6) is 0 Å². The summed E-state index contributed by atoms with van der Waals surface area (Å²) in [5.41, 5.74) is 6.47. The fraction of sp³-hybridized carbons (Fsp3) is 0.500. The maximum atomic E-state index is 11.8. The standard InChI is InChI=1S/C16H25N3O2/c1-4-18(5-2)11-6-12-19(13(3)20)15-9-7-14(8-10-15)16(17)21/h7-10H,4-6,11-12H2,1-3H3,(H2,17,21). The molecule has 1 aromatic carbocycles. The van der Waals surface area contributed by atoms with Crippen LogP contribution in [-0.4, -0.2) is 42.9 Å². The van der Waals surface area contributed by atoms with E-state index < -0.39 is 5.91 Å². The third-order valence-corrected chi connectivity index (χ3v) is 3.59. The maximum Gasteiger partial charge on any atom is 0.248 e. The number of nitrogens with two attached hydrogens (primary N) is 1. The number of hydrogen-bond donors (Lipinski definition) is 1. The van der Waals surface area contributed by atoms with Gasteiger partial charge in [-0.05, 0) is 50.3 Å². The second-order valence-electron chi connectivity index (χ2n) is 4.96. The monoisotopic (exact) mass is 291 g/mol. The summed E-state index contributed by atoms with van der Waals surface area (Å²) in [7, 11) is 0. The summed E-state index contributed by atoms with van der Waals surface area (Å²) in [6.45, 7) is 9.49. The number of carbonyl (C=O) groups is 2. The minimum Gasteiger partial charge on any atom is -0.366 e. The van der Waals surface area contributed by atoms with Crippen molar-refractivity contribution in [2.24, 2.45) is 5.73 Å². The molecule has 0 aromatic heterocycles. The SMILES string of the molecule is CCN(CC)CCCN(C(C)=O)c1ccc(C(N)=O)cc1. The molecule has 1 rings (SSSR count). The Hall–Kier alpha value is -1.88. The average molecular weight is 291 g/mol. The molecule has 0 aliphatic rings. The maximum absolute atomic E-state index is 11.8. The highest BCUT2D eigenvalue weighted by molar-refractivity contribution is 5.95. The smallest absolute Gasteiger partial charge is 0.248 e. The second-order valence-corrected chi connectivity index (χ2v) is 4.96. The van der Waals surface area contributed by atoms with Crippen molar-refractivity contribution in [1.29, 1.82) is 0 Å². The lowest BCUT2D eigenvalue weighted by Crippen LogP contribution is -2.33. The molecule has 0 aliphatic carbocycles. The van der Waals surface area contributed by atoms with Crippen LogP contribution < -0.4 is 10.6 Å². The predicted octanol–water partition coefficient (Wildman–Crippen LogP) is 1.87. The average Bonchev–Trinajstić information content (AvgIpc) is 2.47. The summed E-state index contributed by atoms with van der Waals surface area (Å²) < 4.78 is 0. The van der Waals surface area contributed by atoms with E-state index in [1.165, 1.54) is 0 Å². The molecule has 0 spiro atoms. The Morgan fingerprint density at radius 1 is 1.05 bits per heavy atom. The molecule has 2 N–H and O–H groups in total. The topological polar surface area (TPSA) is 66.6 Å².